The maximum Gasteiger partial charge on any atom is 0.0718 e. The number of rotatable bonds is 3. The van der Waals surface area contributed by atoms with Crippen LogP contribution in [0.25, 0.3) is 0 Å². The van der Waals surface area contributed by atoms with Crippen molar-refractivity contribution < 1.29 is 5.11 Å². The van der Waals surface area contributed by atoms with Gasteiger partial charge in [0.25, 0.3) is 0 Å². The van der Waals surface area contributed by atoms with Crippen LogP contribution in [-0.2, 0) is 6.54 Å². The lowest BCUT2D eigenvalue weighted by Crippen LogP contribution is -2.45. The summed E-state index contributed by atoms with van der Waals surface area (Å²) in [7, 11) is 0. The van der Waals surface area contributed by atoms with Crippen LogP contribution in [0.15, 0.2) is 30.3 Å². The molecule has 1 aliphatic rings. The first-order valence-corrected chi connectivity index (χ1v) is 6.23. The highest BCUT2D eigenvalue weighted by atomic mass is 16.3. The third-order valence-corrected chi connectivity index (χ3v) is 3.58. The molecule has 3 atom stereocenters. The van der Waals surface area contributed by atoms with E-state index < -0.39 is 0 Å². The molecule has 0 aliphatic heterocycles. The third-order valence-electron chi connectivity index (χ3n) is 3.58. The molecule has 3 unspecified atom stereocenters. The van der Waals surface area contributed by atoms with Crippen molar-refractivity contribution in [3.63, 3.8) is 0 Å². The van der Waals surface area contributed by atoms with E-state index in [1.807, 2.05) is 6.07 Å². The fourth-order valence-corrected chi connectivity index (χ4v) is 2.47. The summed E-state index contributed by atoms with van der Waals surface area (Å²) in [5, 5.41) is 13.5. The second-order valence-corrected chi connectivity index (χ2v) is 4.87. The molecule has 0 bridgehead atoms. The van der Waals surface area contributed by atoms with Crippen LogP contribution in [0.3, 0.4) is 0 Å². The minimum Gasteiger partial charge on any atom is -0.391 e. The van der Waals surface area contributed by atoms with Crippen molar-refractivity contribution in [2.24, 2.45) is 5.92 Å². The van der Waals surface area contributed by atoms with Gasteiger partial charge in [0.15, 0.2) is 0 Å². The average Bonchev–Trinajstić information content (AvgIpc) is 2.32. The lowest BCUT2D eigenvalue weighted by Gasteiger charge is -2.33. The molecule has 0 amide bonds. The van der Waals surface area contributed by atoms with Gasteiger partial charge in [-0.3, -0.25) is 0 Å². The maximum atomic E-state index is 10.1. The lowest BCUT2D eigenvalue weighted by molar-refractivity contribution is 0.0449. The second-order valence-electron chi connectivity index (χ2n) is 4.87. The predicted molar refractivity (Wildman–Crippen MR) is 66.1 cm³/mol. The molecular weight excluding hydrogens is 198 g/mol. The van der Waals surface area contributed by atoms with Gasteiger partial charge in [-0.05, 0) is 24.3 Å². The van der Waals surface area contributed by atoms with Crippen molar-refractivity contribution in [1.29, 1.82) is 0 Å². The zero-order valence-electron chi connectivity index (χ0n) is 9.89. The van der Waals surface area contributed by atoms with Crippen molar-refractivity contribution in [2.75, 3.05) is 0 Å². The number of aliphatic hydroxyl groups excluding tert-OH is 1. The Kier molecular flexibility index (Phi) is 3.97. The molecule has 0 saturated heterocycles. The van der Waals surface area contributed by atoms with Gasteiger partial charge in [-0.2, -0.15) is 0 Å². The number of benzene rings is 1. The van der Waals surface area contributed by atoms with Crippen molar-refractivity contribution in [1.82, 2.24) is 5.32 Å². The van der Waals surface area contributed by atoms with E-state index in [2.05, 4.69) is 36.5 Å². The van der Waals surface area contributed by atoms with Crippen molar-refractivity contribution >= 4 is 0 Å². The second kappa shape index (κ2) is 5.46. The molecule has 0 heterocycles. The fourth-order valence-electron chi connectivity index (χ4n) is 2.47. The van der Waals surface area contributed by atoms with Gasteiger partial charge in [0.2, 0.25) is 0 Å². The van der Waals surface area contributed by atoms with Crippen LogP contribution in [0, 0.1) is 5.92 Å². The highest BCUT2D eigenvalue weighted by molar-refractivity contribution is 5.14. The van der Waals surface area contributed by atoms with Gasteiger partial charge in [0.05, 0.1) is 6.10 Å². The van der Waals surface area contributed by atoms with E-state index in [9.17, 15) is 5.11 Å². The smallest absolute Gasteiger partial charge is 0.0718 e. The monoisotopic (exact) mass is 219 g/mol. The maximum absolute atomic E-state index is 10.1. The summed E-state index contributed by atoms with van der Waals surface area (Å²) in [4.78, 5) is 0. The Morgan fingerprint density at radius 2 is 2.00 bits per heavy atom. The molecule has 1 aliphatic carbocycles. The standard InChI is InChI=1S/C14H21NO/c1-11-6-5-9-13(14(11)16)15-10-12-7-3-2-4-8-12/h2-4,7-8,11,13-16H,5-6,9-10H2,1H3. The van der Waals surface area contributed by atoms with Gasteiger partial charge in [0, 0.05) is 12.6 Å². The molecule has 0 radical (unpaired) electrons. The molecule has 2 N–H and O–H groups in total. The molecule has 1 aromatic rings. The molecule has 1 fully saturated rings. The van der Waals surface area contributed by atoms with Crippen molar-refractivity contribution in [3.05, 3.63) is 35.9 Å². The third kappa shape index (κ3) is 2.83. The molecule has 2 nitrogen and oxygen atoms in total. The van der Waals surface area contributed by atoms with Crippen LogP contribution >= 0.6 is 0 Å². The van der Waals surface area contributed by atoms with E-state index in [4.69, 9.17) is 0 Å². The minimum absolute atomic E-state index is 0.183. The Balaban J connectivity index is 1.85. The topological polar surface area (TPSA) is 32.3 Å². The molecule has 0 aromatic heterocycles. The summed E-state index contributed by atoms with van der Waals surface area (Å²) in [5.74, 6) is 0.432. The van der Waals surface area contributed by atoms with Gasteiger partial charge >= 0.3 is 0 Å². The van der Waals surface area contributed by atoms with E-state index >= 15 is 0 Å². The summed E-state index contributed by atoms with van der Waals surface area (Å²) in [5.41, 5.74) is 1.29. The number of hydrogen-bond acceptors (Lipinski definition) is 2. The first kappa shape index (κ1) is 11.6. The Morgan fingerprint density at radius 1 is 1.25 bits per heavy atom. The molecule has 1 saturated carbocycles. The van der Waals surface area contributed by atoms with Gasteiger partial charge in [-0.15, -0.1) is 0 Å². The molecule has 16 heavy (non-hydrogen) atoms. The molecule has 2 heteroatoms. The average molecular weight is 219 g/mol. The lowest BCUT2D eigenvalue weighted by atomic mass is 9.84. The number of hydrogen-bond donors (Lipinski definition) is 2. The SMILES string of the molecule is CC1CCCC(NCc2ccccc2)C1O. The van der Waals surface area contributed by atoms with E-state index in [0.29, 0.717) is 5.92 Å². The largest absolute Gasteiger partial charge is 0.391 e. The molecular formula is C14H21NO. The van der Waals surface area contributed by atoms with Crippen LogP contribution < -0.4 is 5.32 Å². The van der Waals surface area contributed by atoms with Gasteiger partial charge in [-0.25, -0.2) is 0 Å². The van der Waals surface area contributed by atoms with Gasteiger partial charge in [-0.1, -0.05) is 43.7 Å². The zero-order valence-corrected chi connectivity index (χ0v) is 9.89. The van der Waals surface area contributed by atoms with Crippen LogP contribution in [-0.4, -0.2) is 17.3 Å². The quantitative estimate of drug-likeness (QED) is 0.817. The molecule has 88 valence electrons. The van der Waals surface area contributed by atoms with Crippen LogP contribution in [0.4, 0.5) is 0 Å². The number of aliphatic hydroxyl groups is 1. The van der Waals surface area contributed by atoms with Gasteiger partial charge < -0.3 is 10.4 Å². The Morgan fingerprint density at radius 3 is 2.75 bits per heavy atom. The van der Waals surface area contributed by atoms with E-state index in [-0.39, 0.29) is 12.1 Å². The highest BCUT2D eigenvalue weighted by Crippen LogP contribution is 2.24. The van der Waals surface area contributed by atoms with Gasteiger partial charge in [0.1, 0.15) is 0 Å². The van der Waals surface area contributed by atoms with Crippen LogP contribution in [0.1, 0.15) is 31.7 Å². The Hall–Kier alpha value is -0.860. The van der Waals surface area contributed by atoms with Crippen LogP contribution in [0.2, 0.25) is 0 Å². The summed E-state index contributed by atoms with van der Waals surface area (Å²) >= 11 is 0. The molecule has 2 rings (SSSR count). The minimum atomic E-state index is -0.183. The Bertz CT molecular complexity index is 312. The Labute approximate surface area is 97.7 Å². The first-order chi connectivity index (χ1) is 7.77. The van der Waals surface area contributed by atoms with E-state index in [0.717, 1.165) is 19.4 Å². The van der Waals surface area contributed by atoms with Crippen molar-refractivity contribution in [2.45, 2.75) is 44.9 Å². The molecule has 1 aromatic carbocycles. The zero-order chi connectivity index (χ0) is 11.4. The summed E-state index contributed by atoms with van der Waals surface area (Å²) in [6.45, 7) is 3.00. The molecule has 0 spiro atoms. The highest BCUT2D eigenvalue weighted by Gasteiger charge is 2.28. The summed E-state index contributed by atoms with van der Waals surface area (Å²) < 4.78 is 0. The van der Waals surface area contributed by atoms with E-state index in [1.165, 1.54) is 12.0 Å². The fraction of sp³-hybridized carbons (Fsp3) is 0.571. The van der Waals surface area contributed by atoms with Crippen molar-refractivity contribution in [3.8, 4) is 0 Å². The van der Waals surface area contributed by atoms with E-state index in [1.54, 1.807) is 0 Å². The predicted octanol–water partition coefficient (Wildman–Crippen LogP) is 2.33. The van der Waals surface area contributed by atoms with Crippen LogP contribution in [0.5, 0.6) is 0 Å². The first-order valence-electron chi connectivity index (χ1n) is 6.23. The summed E-state index contributed by atoms with van der Waals surface area (Å²) in [6.07, 6.45) is 3.30. The number of nitrogens with one attached hydrogen (secondary N) is 1. The summed E-state index contributed by atoms with van der Waals surface area (Å²) in [6, 6.07) is 10.6. The normalized spacial score (nSPS) is 30.2.